The van der Waals surface area contributed by atoms with Gasteiger partial charge in [0.25, 0.3) is 0 Å². The molecule has 0 aliphatic carbocycles. The van der Waals surface area contributed by atoms with Crippen molar-refractivity contribution >= 4 is 0 Å². The van der Waals surface area contributed by atoms with Crippen molar-refractivity contribution in [3.05, 3.63) is 53.1 Å². The van der Waals surface area contributed by atoms with Gasteiger partial charge in [-0.2, -0.15) is 0 Å². The van der Waals surface area contributed by atoms with E-state index in [1.807, 2.05) is 12.1 Å². The second kappa shape index (κ2) is 4.97. The third kappa shape index (κ3) is 2.12. The van der Waals surface area contributed by atoms with Crippen LogP contribution in [-0.4, -0.2) is 20.4 Å². The number of hydrogen-bond donors (Lipinski definition) is 1. The molecular formula is C17H17NO3. The van der Waals surface area contributed by atoms with E-state index in [9.17, 15) is 0 Å². The maximum absolute atomic E-state index is 5.52. The van der Waals surface area contributed by atoms with Crippen LogP contribution < -0.4 is 19.5 Å². The number of rotatable bonds is 2. The molecule has 2 aromatic carbocycles. The Morgan fingerprint density at radius 2 is 1.86 bits per heavy atom. The molecule has 0 fully saturated rings. The van der Waals surface area contributed by atoms with Crippen molar-refractivity contribution in [3.63, 3.8) is 0 Å². The van der Waals surface area contributed by atoms with Gasteiger partial charge >= 0.3 is 0 Å². The number of benzene rings is 2. The molecule has 0 saturated heterocycles. The summed E-state index contributed by atoms with van der Waals surface area (Å²) >= 11 is 0. The standard InChI is InChI=1S/C17H17NO3/c1-19-13-4-2-11(3-5-13)17-14-9-16-15(20-10-21-16)8-12(14)6-7-18-17/h2-5,8-9,17-18H,6-7,10H2,1H3. The van der Waals surface area contributed by atoms with Crippen molar-refractivity contribution in [2.75, 3.05) is 20.4 Å². The predicted octanol–water partition coefficient (Wildman–Crippen LogP) is 2.66. The number of hydrogen-bond acceptors (Lipinski definition) is 4. The van der Waals surface area contributed by atoms with E-state index in [0.29, 0.717) is 6.79 Å². The summed E-state index contributed by atoms with van der Waals surface area (Å²) in [5, 5.41) is 3.58. The van der Waals surface area contributed by atoms with Gasteiger partial charge in [0.05, 0.1) is 13.2 Å². The first-order valence-electron chi connectivity index (χ1n) is 7.15. The minimum absolute atomic E-state index is 0.189. The van der Waals surface area contributed by atoms with Gasteiger partial charge < -0.3 is 19.5 Å². The summed E-state index contributed by atoms with van der Waals surface area (Å²) in [4.78, 5) is 0. The molecular weight excluding hydrogens is 266 g/mol. The van der Waals surface area contributed by atoms with Crippen LogP contribution in [0.2, 0.25) is 0 Å². The molecule has 0 aromatic heterocycles. The highest BCUT2D eigenvalue weighted by atomic mass is 16.7. The SMILES string of the molecule is COc1ccc(C2NCCc3cc4c(cc32)OCO4)cc1. The fourth-order valence-electron chi connectivity index (χ4n) is 3.04. The van der Waals surface area contributed by atoms with Crippen molar-refractivity contribution in [2.45, 2.75) is 12.5 Å². The Morgan fingerprint density at radius 1 is 1.10 bits per heavy atom. The van der Waals surface area contributed by atoms with E-state index >= 15 is 0 Å². The molecule has 4 nitrogen and oxygen atoms in total. The molecule has 108 valence electrons. The molecule has 1 unspecified atom stereocenters. The van der Waals surface area contributed by atoms with E-state index in [2.05, 4.69) is 29.6 Å². The van der Waals surface area contributed by atoms with Crippen LogP contribution in [0.25, 0.3) is 0 Å². The molecule has 2 aromatic rings. The smallest absolute Gasteiger partial charge is 0.231 e. The Kier molecular flexibility index (Phi) is 2.97. The lowest BCUT2D eigenvalue weighted by Crippen LogP contribution is -2.30. The zero-order chi connectivity index (χ0) is 14.2. The molecule has 0 bridgehead atoms. The van der Waals surface area contributed by atoms with Gasteiger partial charge in [-0.15, -0.1) is 0 Å². The summed E-state index contributed by atoms with van der Waals surface area (Å²) in [6, 6.07) is 12.6. The van der Waals surface area contributed by atoms with E-state index in [1.54, 1.807) is 7.11 Å². The molecule has 21 heavy (non-hydrogen) atoms. The van der Waals surface area contributed by atoms with E-state index in [-0.39, 0.29) is 6.04 Å². The zero-order valence-electron chi connectivity index (χ0n) is 11.9. The molecule has 0 saturated carbocycles. The summed E-state index contributed by atoms with van der Waals surface area (Å²) < 4.78 is 16.2. The Balaban J connectivity index is 1.75. The van der Waals surface area contributed by atoms with Crippen LogP contribution in [0.15, 0.2) is 36.4 Å². The summed E-state index contributed by atoms with van der Waals surface area (Å²) in [5.41, 5.74) is 3.84. The lowest BCUT2D eigenvalue weighted by atomic mass is 9.89. The second-order valence-electron chi connectivity index (χ2n) is 5.31. The molecule has 2 aliphatic rings. The molecule has 1 N–H and O–H groups in total. The van der Waals surface area contributed by atoms with Gasteiger partial charge in [0, 0.05) is 6.54 Å². The van der Waals surface area contributed by atoms with Crippen LogP contribution in [-0.2, 0) is 6.42 Å². The summed E-state index contributed by atoms with van der Waals surface area (Å²) in [6.45, 7) is 1.28. The number of ether oxygens (including phenoxy) is 3. The molecule has 0 amide bonds. The summed E-state index contributed by atoms with van der Waals surface area (Å²) in [7, 11) is 1.68. The van der Waals surface area contributed by atoms with Gasteiger partial charge in [0.2, 0.25) is 6.79 Å². The van der Waals surface area contributed by atoms with Crippen LogP contribution in [0.3, 0.4) is 0 Å². The first-order chi connectivity index (χ1) is 10.3. The minimum Gasteiger partial charge on any atom is -0.497 e. The van der Waals surface area contributed by atoms with Gasteiger partial charge in [0.15, 0.2) is 11.5 Å². The highest BCUT2D eigenvalue weighted by Crippen LogP contribution is 2.39. The summed E-state index contributed by atoms with van der Waals surface area (Å²) in [5.74, 6) is 2.58. The molecule has 1 atom stereocenters. The Bertz CT molecular complexity index is 666. The Labute approximate surface area is 123 Å². The van der Waals surface area contributed by atoms with Gasteiger partial charge in [-0.3, -0.25) is 0 Å². The molecule has 2 heterocycles. The fraction of sp³-hybridized carbons (Fsp3) is 0.294. The highest BCUT2D eigenvalue weighted by molar-refractivity contribution is 5.52. The van der Waals surface area contributed by atoms with Gasteiger partial charge in [-0.1, -0.05) is 12.1 Å². The third-order valence-electron chi connectivity index (χ3n) is 4.14. The monoisotopic (exact) mass is 283 g/mol. The van der Waals surface area contributed by atoms with Crippen LogP contribution in [0, 0.1) is 0 Å². The van der Waals surface area contributed by atoms with Crippen molar-refractivity contribution in [1.29, 1.82) is 0 Å². The maximum Gasteiger partial charge on any atom is 0.231 e. The van der Waals surface area contributed by atoms with Gasteiger partial charge in [-0.25, -0.2) is 0 Å². The maximum atomic E-state index is 5.52. The Hall–Kier alpha value is -2.20. The normalized spacial score (nSPS) is 19.2. The number of fused-ring (bicyclic) bond motifs is 2. The largest absolute Gasteiger partial charge is 0.497 e. The predicted molar refractivity (Wildman–Crippen MR) is 79.1 cm³/mol. The van der Waals surface area contributed by atoms with Gasteiger partial charge in [-0.05, 0) is 47.4 Å². The molecule has 2 aliphatic heterocycles. The van der Waals surface area contributed by atoms with E-state index in [4.69, 9.17) is 14.2 Å². The fourth-order valence-corrected chi connectivity index (χ4v) is 3.04. The van der Waals surface area contributed by atoms with Gasteiger partial charge in [0.1, 0.15) is 5.75 Å². The topological polar surface area (TPSA) is 39.7 Å². The molecule has 4 rings (SSSR count). The third-order valence-corrected chi connectivity index (χ3v) is 4.14. The first-order valence-corrected chi connectivity index (χ1v) is 7.15. The van der Waals surface area contributed by atoms with E-state index in [0.717, 1.165) is 30.2 Å². The van der Waals surface area contributed by atoms with Crippen LogP contribution in [0.1, 0.15) is 22.7 Å². The molecule has 0 radical (unpaired) electrons. The highest BCUT2D eigenvalue weighted by Gasteiger charge is 2.25. The van der Waals surface area contributed by atoms with Crippen molar-refractivity contribution in [1.82, 2.24) is 5.32 Å². The van der Waals surface area contributed by atoms with E-state index in [1.165, 1.54) is 16.7 Å². The van der Waals surface area contributed by atoms with Crippen LogP contribution in [0.4, 0.5) is 0 Å². The van der Waals surface area contributed by atoms with Crippen molar-refractivity contribution < 1.29 is 14.2 Å². The van der Waals surface area contributed by atoms with Crippen molar-refractivity contribution in [3.8, 4) is 17.2 Å². The average molecular weight is 283 g/mol. The minimum atomic E-state index is 0.189. The zero-order valence-corrected chi connectivity index (χ0v) is 11.9. The molecule has 4 heteroatoms. The quantitative estimate of drug-likeness (QED) is 0.920. The van der Waals surface area contributed by atoms with Crippen molar-refractivity contribution in [2.24, 2.45) is 0 Å². The first kappa shape index (κ1) is 12.5. The lowest BCUT2D eigenvalue weighted by Gasteiger charge is -2.27. The lowest BCUT2D eigenvalue weighted by molar-refractivity contribution is 0.174. The number of nitrogens with one attached hydrogen (secondary N) is 1. The van der Waals surface area contributed by atoms with Crippen LogP contribution in [0.5, 0.6) is 17.2 Å². The second-order valence-corrected chi connectivity index (χ2v) is 5.31. The molecule has 0 spiro atoms. The van der Waals surface area contributed by atoms with E-state index < -0.39 is 0 Å². The Morgan fingerprint density at radius 3 is 2.62 bits per heavy atom. The van der Waals surface area contributed by atoms with Crippen LogP contribution >= 0.6 is 0 Å². The average Bonchev–Trinajstić information content (AvgIpc) is 2.99. The number of methoxy groups -OCH3 is 1. The summed E-state index contributed by atoms with van der Waals surface area (Å²) in [6.07, 6.45) is 1.01.